The van der Waals surface area contributed by atoms with E-state index in [1.165, 1.54) is 42.7 Å². The van der Waals surface area contributed by atoms with Crippen LogP contribution in [0.2, 0.25) is 0 Å². The van der Waals surface area contributed by atoms with Crippen LogP contribution in [0.4, 0.5) is 30.4 Å². The fourth-order valence-electron chi connectivity index (χ4n) is 5.27. The molecule has 40 heavy (non-hydrogen) atoms. The number of carbonyl (C=O) groups excluding carboxylic acids is 1. The molecule has 3 aromatic rings. The summed E-state index contributed by atoms with van der Waals surface area (Å²) in [5.74, 6) is 0.264. The highest BCUT2D eigenvalue weighted by Gasteiger charge is 2.31. The second-order valence-electron chi connectivity index (χ2n) is 9.97. The van der Waals surface area contributed by atoms with Gasteiger partial charge in [0, 0.05) is 73.9 Å². The largest absolute Gasteiger partial charge is 0.416 e. The zero-order chi connectivity index (χ0) is 28.3. The molecule has 2 aliphatic rings. The quantitative estimate of drug-likeness (QED) is 0.307. The Balaban J connectivity index is 1.31. The van der Waals surface area contributed by atoms with Crippen LogP contribution in [0.1, 0.15) is 40.0 Å². The molecular formula is C28H29F3N6O3. The lowest BCUT2D eigenvalue weighted by Gasteiger charge is -2.37. The van der Waals surface area contributed by atoms with Crippen molar-refractivity contribution in [3.05, 3.63) is 87.4 Å². The highest BCUT2D eigenvalue weighted by Crippen LogP contribution is 2.32. The summed E-state index contributed by atoms with van der Waals surface area (Å²) in [6, 6.07) is 10.9. The number of nitro groups is 1. The topological polar surface area (TPSA) is 95.7 Å². The van der Waals surface area contributed by atoms with Crippen LogP contribution >= 0.6 is 0 Å². The van der Waals surface area contributed by atoms with Gasteiger partial charge in [-0.2, -0.15) is 13.2 Å². The number of fused-ring (bicyclic) bond motifs is 1. The first-order chi connectivity index (χ1) is 19.2. The minimum absolute atomic E-state index is 0.0962. The number of nitrogens with zero attached hydrogens (tertiary/aromatic N) is 6. The van der Waals surface area contributed by atoms with E-state index < -0.39 is 16.7 Å². The van der Waals surface area contributed by atoms with E-state index in [1.807, 2.05) is 4.90 Å². The van der Waals surface area contributed by atoms with Gasteiger partial charge >= 0.3 is 6.18 Å². The number of rotatable bonds is 7. The Morgan fingerprint density at radius 3 is 2.42 bits per heavy atom. The Bertz CT molecular complexity index is 1370. The number of hydrogen-bond donors (Lipinski definition) is 0. The van der Waals surface area contributed by atoms with E-state index >= 15 is 0 Å². The van der Waals surface area contributed by atoms with Crippen molar-refractivity contribution in [1.29, 1.82) is 0 Å². The predicted molar refractivity (Wildman–Crippen MR) is 144 cm³/mol. The minimum atomic E-state index is -4.39. The molecule has 12 heteroatoms. The van der Waals surface area contributed by atoms with Gasteiger partial charge in [-0.25, -0.2) is 9.97 Å². The number of hydrogen-bond acceptors (Lipinski definition) is 7. The first kappa shape index (κ1) is 27.5. The number of piperazine rings is 1. The number of aromatic nitrogens is 2. The molecule has 1 aliphatic carbocycles. The average Bonchev–Trinajstić information content (AvgIpc) is 2.97. The molecule has 1 aliphatic heterocycles. The minimum Gasteiger partial charge on any atom is -0.369 e. The number of benzene rings is 2. The Kier molecular flexibility index (Phi) is 7.97. The normalized spacial score (nSPS) is 15.9. The van der Waals surface area contributed by atoms with E-state index in [0.717, 1.165) is 43.0 Å². The Morgan fingerprint density at radius 2 is 1.73 bits per heavy atom. The Hall–Kier alpha value is -4.06. The van der Waals surface area contributed by atoms with Crippen molar-refractivity contribution in [2.24, 2.45) is 0 Å². The highest BCUT2D eigenvalue weighted by atomic mass is 19.4. The van der Waals surface area contributed by atoms with E-state index in [4.69, 9.17) is 0 Å². The van der Waals surface area contributed by atoms with Crippen LogP contribution in [0, 0.1) is 10.1 Å². The third kappa shape index (κ3) is 6.06. The lowest BCUT2D eigenvalue weighted by atomic mass is 9.96. The molecule has 0 bridgehead atoms. The van der Waals surface area contributed by atoms with Crippen LogP contribution in [0.25, 0.3) is 0 Å². The van der Waals surface area contributed by atoms with Gasteiger partial charge in [-0.1, -0.05) is 6.07 Å². The average molecular weight is 555 g/mol. The molecular weight excluding hydrogens is 525 g/mol. The second-order valence-corrected chi connectivity index (χ2v) is 9.97. The zero-order valence-corrected chi connectivity index (χ0v) is 21.8. The maximum atomic E-state index is 13.7. The van der Waals surface area contributed by atoms with E-state index in [1.54, 1.807) is 11.0 Å². The van der Waals surface area contributed by atoms with Gasteiger partial charge in [-0.15, -0.1) is 0 Å². The molecule has 0 spiro atoms. The van der Waals surface area contributed by atoms with Crippen LogP contribution in [0.5, 0.6) is 0 Å². The van der Waals surface area contributed by atoms with Gasteiger partial charge in [0.05, 0.1) is 10.5 Å². The van der Waals surface area contributed by atoms with Gasteiger partial charge in [0.2, 0.25) is 0 Å². The predicted octanol–water partition coefficient (Wildman–Crippen LogP) is 4.75. The molecule has 0 atom stereocenters. The number of nitro benzene ring substituents is 1. The highest BCUT2D eigenvalue weighted by molar-refractivity contribution is 6.06. The van der Waals surface area contributed by atoms with Gasteiger partial charge in [0.1, 0.15) is 12.1 Å². The molecule has 5 rings (SSSR count). The van der Waals surface area contributed by atoms with Crippen molar-refractivity contribution in [2.45, 2.75) is 31.9 Å². The van der Waals surface area contributed by atoms with Crippen LogP contribution < -0.4 is 9.80 Å². The van der Waals surface area contributed by atoms with Crippen molar-refractivity contribution in [3.8, 4) is 0 Å². The summed E-state index contributed by atoms with van der Waals surface area (Å²) in [4.78, 5) is 38.9. The standard InChI is InChI=1S/C28H29F3N6O3/c29-28(30,31)21-4-3-5-23(18-21)35-15-12-34(13-16-35)14-17-36(26-24-6-1-2-7-25(24)32-19-33-26)27(38)20-8-10-22(11-9-20)37(39)40/h3-5,8-11,18-19H,1-2,6-7,12-17H2. The maximum absolute atomic E-state index is 13.7. The smallest absolute Gasteiger partial charge is 0.369 e. The molecule has 1 aromatic heterocycles. The van der Waals surface area contributed by atoms with Crippen LogP contribution in [0.15, 0.2) is 54.9 Å². The van der Waals surface area contributed by atoms with Crippen LogP contribution in [-0.4, -0.2) is 65.0 Å². The van der Waals surface area contributed by atoms with Gasteiger partial charge in [-0.05, 0) is 56.0 Å². The molecule has 1 fully saturated rings. The molecule has 0 saturated carbocycles. The zero-order valence-electron chi connectivity index (χ0n) is 21.8. The number of anilines is 2. The molecule has 210 valence electrons. The summed E-state index contributed by atoms with van der Waals surface area (Å²) < 4.78 is 39.5. The number of carbonyl (C=O) groups is 1. The summed E-state index contributed by atoms with van der Waals surface area (Å²) >= 11 is 0. The number of alkyl halides is 3. The van der Waals surface area contributed by atoms with Crippen molar-refractivity contribution in [2.75, 3.05) is 49.1 Å². The number of aryl methyl sites for hydroxylation is 1. The number of amides is 1. The first-order valence-corrected chi connectivity index (χ1v) is 13.2. The van der Waals surface area contributed by atoms with E-state index in [9.17, 15) is 28.1 Å². The lowest BCUT2D eigenvalue weighted by Crippen LogP contribution is -2.49. The van der Waals surface area contributed by atoms with Gasteiger partial charge < -0.3 is 4.90 Å². The summed E-state index contributed by atoms with van der Waals surface area (Å²) in [5.41, 5.74) is 1.99. The van der Waals surface area contributed by atoms with Crippen LogP contribution in [-0.2, 0) is 19.0 Å². The third-order valence-corrected chi connectivity index (χ3v) is 7.48. The molecule has 0 unspecified atom stereocenters. The van der Waals surface area contributed by atoms with Crippen molar-refractivity contribution < 1.29 is 22.9 Å². The molecule has 2 heterocycles. The fraction of sp³-hybridized carbons (Fsp3) is 0.393. The summed E-state index contributed by atoms with van der Waals surface area (Å²) in [6.07, 6.45) is 0.675. The summed E-state index contributed by atoms with van der Waals surface area (Å²) in [6.45, 7) is 3.23. The molecule has 0 N–H and O–H groups in total. The lowest BCUT2D eigenvalue weighted by molar-refractivity contribution is -0.384. The maximum Gasteiger partial charge on any atom is 0.416 e. The molecule has 1 amide bonds. The Morgan fingerprint density at radius 1 is 1.00 bits per heavy atom. The fourth-order valence-corrected chi connectivity index (χ4v) is 5.27. The van der Waals surface area contributed by atoms with Crippen molar-refractivity contribution in [3.63, 3.8) is 0 Å². The van der Waals surface area contributed by atoms with E-state index in [-0.39, 0.29) is 11.6 Å². The van der Waals surface area contributed by atoms with Crippen molar-refractivity contribution in [1.82, 2.24) is 14.9 Å². The Labute approximate surface area is 229 Å². The SMILES string of the molecule is O=C(c1ccc([N+](=O)[O-])cc1)N(CCN1CCN(c2cccc(C(F)(F)F)c2)CC1)c1ncnc2c1CCCC2. The molecule has 0 radical (unpaired) electrons. The van der Waals surface area contributed by atoms with Crippen molar-refractivity contribution >= 4 is 23.1 Å². The molecule has 2 aromatic carbocycles. The molecule has 9 nitrogen and oxygen atoms in total. The first-order valence-electron chi connectivity index (χ1n) is 13.2. The number of non-ortho nitro benzene ring substituents is 1. The summed E-state index contributed by atoms with van der Waals surface area (Å²) in [7, 11) is 0. The van der Waals surface area contributed by atoms with E-state index in [2.05, 4.69) is 14.9 Å². The third-order valence-electron chi connectivity index (χ3n) is 7.48. The summed E-state index contributed by atoms with van der Waals surface area (Å²) in [5, 5.41) is 11.1. The van der Waals surface area contributed by atoms with Gasteiger partial charge in [0.25, 0.3) is 11.6 Å². The monoisotopic (exact) mass is 554 g/mol. The number of halogens is 3. The van der Waals surface area contributed by atoms with Gasteiger partial charge in [0.15, 0.2) is 0 Å². The van der Waals surface area contributed by atoms with Gasteiger partial charge in [-0.3, -0.25) is 24.7 Å². The van der Waals surface area contributed by atoms with E-state index in [0.29, 0.717) is 56.3 Å². The van der Waals surface area contributed by atoms with Crippen LogP contribution in [0.3, 0.4) is 0 Å². The second kappa shape index (κ2) is 11.6. The molecule has 1 saturated heterocycles.